The summed E-state index contributed by atoms with van der Waals surface area (Å²) in [4.78, 5) is 0. The molecule has 0 saturated carbocycles. The number of rotatable bonds is 3. The van der Waals surface area contributed by atoms with Crippen LogP contribution in [0.1, 0.15) is 26.7 Å². The van der Waals surface area contributed by atoms with Gasteiger partial charge < -0.3 is 15.2 Å². The molecule has 1 aliphatic rings. The number of benzene rings is 1. The highest BCUT2D eigenvalue weighted by Crippen LogP contribution is 2.31. The quantitative estimate of drug-likeness (QED) is 0.845. The van der Waals surface area contributed by atoms with Gasteiger partial charge in [0.2, 0.25) is 0 Å². The molecule has 2 unspecified atom stereocenters. The molecule has 0 aliphatic carbocycles. The minimum Gasteiger partial charge on any atom is -0.394 e. The average molecular weight is 235 g/mol. The highest BCUT2D eigenvalue weighted by atomic mass is 16.5. The Kier molecular flexibility index (Phi) is 3.69. The summed E-state index contributed by atoms with van der Waals surface area (Å²) in [5.74, 6) is 0. The Hall–Kier alpha value is -1.06. The Labute approximate surface area is 103 Å². The number of hydrogen-bond donors (Lipinski definition) is 2. The molecule has 1 aliphatic heterocycles. The normalized spacial score (nSPS) is 33.4. The zero-order valence-electron chi connectivity index (χ0n) is 10.5. The lowest BCUT2D eigenvalue weighted by atomic mass is 9.84. The van der Waals surface area contributed by atoms with Crippen LogP contribution in [0.25, 0.3) is 0 Å². The van der Waals surface area contributed by atoms with Gasteiger partial charge >= 0.3 is 0 Å². The van der Waals surface area contributed by atoms with E-state index in [1.54, 1.807) is 0 Å². The largest absolute Gasteiger partial charge is 0.394 e. The van der Waals surface area contributed by atoms with Crippen LogP contribution in [0.3, 0.4) is 0 Å². The molecule has 3 nitrogen and oxygen atoms in total. The molecule has 1 aromatic rings. The SMILES string of the molecule is CC1CC(CO)(Nc2ccccc2)CC(C)O1. The summed E-state index contributed by atoms with van der Waals surface area (Å²) in [5.41, 5.74) is 0.807. The van der Waals surface area contributed by atoms with E-state index in [2.05, 4.69) is 19.2 Å². The molecule has 2 N–H and O–H groups in total. The molecule has 1 fully saturated rings. The highest BCUT2D eigenvalue weighted by molar-refractivity contribution is 5.45. The number of para-hydroxylation sites is 1. The van der Waals surface area contributed by atoms with Crippen LogP contribution in [0.5, 0.6) is 0 Å². The first kappa shape index (κ1) is 12.4. The van der Waals surface area contributed by atoms with Gasteiger partial charge in [-0.25, -0.2) is 0 Å². The first-order valence-electron chi connectivity index (χ1n) is 6.23. The van der Waals surface area contributed by atoms with Crippen molar-refractivity contribution in [2.24, 2.45) is 0 Å². The Morgan fingerprint density at radius 3 is 2.35 bits per heavy atom. The zero-order chi connectivity index (χ0) is 12.3. The lowest BCUT2D eigenvalue weighted by Crippen LogP contribution is -2.51. The predicted molar refractivity (Wildman–Crippen MR) is 69.1 cm³/mol. The molecule has 0 bridgehead atoms. The molecular formula is C14H21NO2. The van der Waals surface area contributed by atoms with Crippen LogP contribution < -0.4 is 5.32 Å². The predicted octanol–water partition coefficient (Wildman–Crippen LogP) is 2.42. The monoisotopic (exact) mass is 235 g/mol. The summed E-state index contributed by atoms with van der Waals surface area (Å²) in [5, 5.41) is 13.2. The first-order chi connectivity index (χ1) is 8.13. The van der Waals surface area contributed by atoms with Crippen LogP contribution in [0, 0.1) is 0 Å². The van der Waals surface area contributed by atoms with E-state index in [4.69, 9.17) is 4.74 Å². The fourth-order valence-electron chi connectivity index (χ4n) is 2.78. The number of ether oxygens (including phenoxy) is 1. The summed E-state index contributed by atoms with van der Waals surface area (Å²) < 4.78 is 5.73. The number of aliphatic hydroxyl groups is 1. The Balaban J connectivity index is 2.14. The van der Waals surface area contributed by atoms with E-state index in [-0.39, 0.29) is 24.4 Å². The molecular weight excluding hydrogens is 214 g/mol. The van der Waals surface area contributed by atoms with Crippen LogP contribution in [0.4, 0.5) is 5.69 Å². The van der Waals surface area contributed by atoms with E-state index in [0.29, 0.717) is 0 Å². The first-order valence-corrected chi connectivity index (χ1v) is 6.23. The summed E-state index contributed by atoms with van der Waals surface area (Å²) in [6.45, 7) is 4.26. The maximum Gasteiger partial charge on any atom is 0.0663 e. The van der Waals surface area contributed by atoms with Crippen molar-refractivity contribution < 1.29 is 9.84 Å². The summed E-state index contributed by atoms with van der Waals surface area (Å²) in [6, 6.07) is 10.1. The third-order valence-corrected chi connectivity index (χ3v) is 3.31. The van der Waals surface area contributed by atoms with Crippen molar-refractivity contribution in [3.05, 3.63) is 30.3 Å². The van der Waals surface area contributed by atoms with Crippen LogP contribution in [0.2, 0.25) is 0 Å². The molecule has 17 heavy (non-hydrogen) atoms. The van der Waals surface area contributed by atoms with E-state index in [9.17, 15) is 5.11 Å². The maximum atomic E-state index is 9.72. The maximum absolute atomic E-state index is 9.72. The number of hydrogen-bond acceptors (Lipinski definition) is 3. The van der Waals surface area contributed by atoms with Crippen molar-refractivity contribution in [1.82, 2.24) is 0 Å². The van der Waals surface area contributed by atoms with Crippen LogP contribution >= 0.6 is 0 Å². The van der Waals surface area contributed by atoms with Crippen LogP contribution in [-0.4, -0.2) is 29.5 Å². The molecule has 0 radical (unpaired) electrons. The van der Waals surface area contributed by atoms with Gasteiger partial charge in [0.25, 0.3) is 0 Å². The minimum absolute atomic E-state index is 0.139. The lowest BCUT2D eigenvalue weighted by molar-refractivity contribution is -0.0653. The standard InChI is InChI=1S/C14H21NO2/c1-11-8-14(10-16,9-12(2)17-11)15-13-6-4-3-5-7-13/h3-7,11-12,15-16H,8-10H2,1-2H3. The molecule has 0 spiro atoms. The molecule has 2 rings (SSSR count). The lowest BCUT2D eigenvalue weighted by Gasteiger charge is -2.43. The summed E-state index contributed by atoms with van der Waals surface area (Å²) in [6.07, 6.45) is 2.04. The molecule has 1 saturated heterocycles. The van der Waals surface area contributed by atoms with Gasteiger partial charge in [-0.1, -0.05) is 18.2 Å². The Bertz CT molecular complexity index is 342. The van der Waals surface area contributed by atoms with E-state index >= 15 is 0 Å². The second-order valence-electron chi connectivity index (χ2n) is 5.10. The Morgan fingerprint density at radius 2 is 1.82 bits per heavy atom. The second-order valence-corrected chi connectivity index (χ2v) is 5.10. The van der Waals surface area contributed by atoms with Crippen molar-refractivity contribution >= 4 is 5.69 Å². The highest BCUT2D eigenvalue weighted by Gasteiger charge is 2.38. The molecule has 1 heterocycles. The van der Waals surface area contributed by atoms with Gasteiger partial charge in [-0.3, -0.25) is 0 Å². The smallest absolute Gasteiger partial charge is 0.0663 e. The third-order valence-electron chi connectivity index (χ3n) is 3.31. The van der Waals surface area contributed by atoms with Crippen molar-refractivity contribution in [2.75, 3.05) is 11.9 Å². The Morgan fingerprint density at radius 1 is 1.24 bits per heavy atom. The van der Waals surface area contributed by atoms with E-state index < -0.39 is 0 Å². The van der Waals surface area contributed by atoms with Gasteiger partial charge in [-0.15, -0.1) is 0 Å². The summed E-state index contributed by atoms with van der Waals surface area (Å²) >= 11 is 0. The molecule has 1 aromatic carbocycles. The third kappa shape index (κ3) is 2.99. The number of anilines is 1. The van der Waals surface area contributed by atoms with Crippen molar-refractivity contribution in [3.63, 3.8) is 0 Å². The second kappa shape index (κ2) is 5.07. The molecule has 0 amide bonds. The van der Waals surface area contributed by atoms with Gasteiger partial charge in [-0.2, -0.15) is 0 Å². The summed E-state index contributed by atoms with van der Waals surface area (Å²) in [7, 11) is 0. The number of nitrogens with one attached hydrogen (secondary N) is 1. The molecule has 0 aromatic heterocycles. The molecule has 94 valence electrons. The van der Waals surface area contributed by atoms with Gasteiger partial charge in [0.15, 0.2) is 0 Å². The molecule has 2 atom stereocenters. The zero-order valence-corrected chi connectivity index (χ0v) is 10.5. The fourth-order valence-corrected chi connectivity index (χ4v) is 2.78. The topological polar surface area (TPSA) is 41.5 Å². The van der Waals surface area contributed by atoms with E-state index in [1.807, 2.05) is 30.3 Å². The average Bonchev–Trinajstić information content (AvgIpc) is 2.29. The van der Waals surface area contributed by atoms with Gasteiger partial charge in [0.1, 0.15) is 0 Å². The number of aliphatic hydroxyl groups excluding tert-OH is 1. The van der Waals surface area contributed by atoms with Gasteiger partial charge in [0.05, 0.1) is 24.4 Å². The molecule has 3 heteroatoms. The minimum atomic E-state index is -0.252. The fraction of sp³-hybridized carbons (Fsp3) is 0.571. The van der Waals surface area contributed by atoms with Gasteiger partial charge in [-0.05, 0) is 38.8 Å². The van der Waals surface area contributed by atoms with Crippen molar-refractivity contribution in [2.45, 2.75) is 44.4 Å². The van der Waals surface area contributed by atoms with Crippen molar-refractivity contribution in [1.29, 1.82) is 0 Å². The van der Waals surface area contributed by atoms with Crippen LogP contribution in [0.15, 0.2) is 30.3 Å². The van der Waals surface area contributed by atoms with E-state index in [0.717, 1.165) is 18.5 Å². The van der Waals surface area contributed by atoms with Crippen LogP contribution in [-0.2, 0) is 4.74 Å². The van der Waals surface area contributed by atoms with E-state index in [1.165, 1.54) is 0 Å². The van der Waals surface area contributed by atoms with Gasteiger partial charge in [0, 0.05) is 5.69 Å². The van der Waals surface area contributed by atoms with Crippen molar-refractivity contribution in [3.8, 4) is 0 Å².